The van der Waals surface area contributed by atoms with Crippen molar-refractivity contribution in [1.29, 1.82) is 0 Å². The highest BCUT2D eigenvalue weighted by Gasteiger charge is 2.28. The van der Waals surface area contributed by atoms with Crippen LogP contribution in [0, 0.1) is 0 Å². The maximum absolute atomic E-state index is 5.34. The van der Waals surface area contributed by atoms with E-state index in [2.05, 4.69) is 25.0 Å². The average Bonchev–Trinajstić information content (AvgIpc) is 3.30. The van der Waals surface area contributed by atoms with E-state index in [0.29, 0.717) is 23.1 Å². The molecule has 8 nitrogen and oxygen atoms in total. The molecule has 0 aromatic carbocycles. The van der Waals surface area contributed by atoms with Gasteiger partial charge in [0.15, 0.2) is 0 Å². The van der Waals surface area contributed by atoms with Crippen molar-refractivity contribution in [3.8, 4) is 23.1 Å². The summed E-state index contributed by atoms with van der Waals surface area (Å²) in [5.74, 6) is 1.50. The minimum absolute atomic E-state index is 0.256. The van der Waals surface area contributed by atoms with E-state index in [1.165, 1.54) is 13.4 Å². The van der Waals surface area contributed by atoms with Crippen LogP contribution in [0.4, 0.5) is 0 Å². The van der Waals surface area contributed by atoms with Crippen molar-refractivity contribution in [2.24, 2.45) is 0 Å². The van der Waals surface area contributed by atoms with Crippen LogP contribution in [-0.4, -0.2) is 43.8 Å². The van der Waals surface area contributed by atoms with E-state index >= 15 is 0 Å². The molecule has 3 heterocycles. The molecule has 0 radical (unpaired) electrons. The molecule has 0 saturated heterocycles. The van der Waals surface area contributed by atoms with Gasteiger partial charge in [0.05, 0.1) is 31.2 Å². The third-order valence-electron chi connectivity index (χ3n) is 3.66. The monoisotopic (exact) mass is 298 g/mol. The topological polar surface area (TPSA) is 87.3 Å². The van der Waals surface area contributed by atoms with Crippen molar-refractivity contribution in [2.45, 2.75) is 18.8 Å². The molecular formula is C14H14N6O2. The Bertz CT molecular complexity index is 842. The number of methoxy groups -OCH3 is 2. The van der Waals surface area contributed by atoms with E-state index in [0.717, 1.165) is 24.2 Å². The van der Waals surface area contributed by atoms with Gasteiger partial charge in [0.25, 0.3) is 5.78 Å². The first-order chi connectivity index (χ1) is 10.8. The number of hydrogen-bond donors (Lipinski definition) is 0. The van der Waals surface area contributed by atoms with E-state index in [1.54, 1.807) is 17.8 Å². The summed E-state index contributed by atoms with van der Waals surface area (Å²) in [6.45, 7) is 0. The van der Waals surface area contributed by atoms with E-state index in [4.69, 9.17) is 9.47 Å². The zero-order valence-corrected chi connectivity index (χ0v) is 12.2. The molecular weight excluding hydrogens is 284 g/mol. The molecule has 1 saturated carbocycles. The quantitative estimate of drug-likeness (QED) is 0.720. The van der Waals surface area contributed by atoms with Gasteiger partial charge < -0.3 is 9.47 Å². The SMILES string of the molecule is COc1ncc(-c2cc(C3CC3)n3ncnc3n2)c(OC)n1. The maximum atomic E-state index is 5.34. The Morgan fingerprint density at radius 2 is 2.00 bits per heavy atom. The van der Waals surface area contributed by atoms with Crippen molar-refractivity contribution in [3.63, 3.8) is 0 Å². The van der Waals surface area contributed by atoms with Crippen LogP contribution in [0.3, 0.4) is 0 Å². The fourth-order valence-corrected chi connectivity index (χ4v) is 2.42. The summed E-state index contributed by atoms with van der Waals surface area (Å²) in [6.07, 6.45) is 5.49. The van der Waals surface area contributed by atoms with Crippen molar-refractivity contribution in [3.05, 3.63) is 24.3 Å². The Hall–Kier alpha value is -2.77. The first kappa shape index (κ1) is 12.9. The lowest BCUT2D eigenvalue weighted by Crippen LogP contribution is -2.03. The molecule has 112 valence electrons. The van der Waals surface area contributed by atoms with Gasteiger partial charge in [-0.3, -0.25) is 0 Å². The van der Waals surface area contributed by atoms with Crippen LogP contribution < -0.4 is 9.47 Å². The fourth-order valence-electron chi connectivity index (χ4n) is 2.42. The van der Waals surface area contributed by atoms with Gasteiger partial charge in [-0.1, -0.05) is 0 Å². The maximum Gasteiger partial charge on any atom is 0.319 e. The molecule has 22 heavy (non-hydrogen) atoms. The smallest absolute Gasteiger partial charge is 0.319 e. The van der Waals surface area contributed by atoms with Gasteiger partial charge in [0, 0.05) is 12.1 Å². The lowest BCUT2D eigenvalue weighted by Gasteiger charge is -2.09. The second kappa shape index (κ2) is 4.90. The molecule has 3 aromatic rings. The minimum Gasteiger partial charge on any atom is -0.480 e. The third kappa shape index (κ3) is 2.03. The normalized spacial score (nSPS) is 14.3. The molecule has 0 unspecified atom stereocenters. The number of fused-ring (bicyclic) bond motifs is 1. The van der Waals surface area contributed by atoms with E-state index in [1.807, 2.05) is 6.07 Å². The standard InChI is InChI=1S/C14H14N6O2/c1-21-12-9(6-15-14(19-12)22-2)10-5-11(8-3-4-8)20-13(18-10)16-7-17-20/h5-8H,3-4H2,1-2H3. The molecule has 0 N–H and O–H groups in total. The predicted octanol–water partition coefficient (Wildman–Crippen LogP) is 1.48. The summed E-state index contributed by atoms with van der Waals surface area (Å²) in [5, 5.41) is 4.25. The zero-order chi connectivity index (χ0) is 15.1. The highest BCUT2D eigenvalue weighted by atomic mass is 16.5. The number of ether oxygens (including phenoxy) is 2. The molecule has 0 spiro atoms. The summed E-state index contributed by atoms with van der Waals surface area (Å²) in [6, 6.07) is 2.26. The van der Waals surface area contributed by atoms with Gasteiger partial charge in [-0.2, -0.15) is 15.1 Å². The summed E-state index contributed by atoms with van der Waals surface area (Å²) in [7, 11) is 3.07. The summed E-state index contributed by atoms with van der Waals surface area (Å²) in [5.41, 5.74) is 2.54. The van der Waals surface area contributed by atoms with Crippen molar-refractivity contribution >= 4 is 5.78 Å². The van der Waals surface area contributed by atoms with Gasteiger partial charge >= 0.3 is 6.01 Å². The van der Waals surface area contributed by atoms with Crippen LogP contribution >= 0.6 is 0 Å². The molecule has 8 heteroatoms. The lowest BCUT2D eigenvalue weighted by molar-refractivity contribution is 0.353. The minimum atomic E-state index is 0.256. The number of hydrogen-bond acceptors (Lipinski definition) is 7. The second-order valence-electron chi connectivity index (χ2n) is 5.09. The number of rotatable bonds is 4. The third-order valence-corrected chi connectivity index (χ3v) is 3.66. The number of aromatic nitrogens is 6. The highest BCUT2D eigenvalue weighted by molar-refractivity contribution is 5.66. The van der Waals surface area contributed by atoms with Crippen molar-refractivity contribution < 1.29 is 9.47 Å². The van der Waals surface area contributed by atoms with Crippen LogP contribution in [0.25, 0.3) is 17.0 Å². The van der Waals surface area contributed by atoms with Crippen molar-refractivity contribution in [2.75, 3.05) is 14.2 Å². The van der Waals surface area contributed by atoms with E-state index in [-0.39, 0.29) is 6.01 Å². The van der Waals surface area contributed by atoms with Gasteiger partial charge in [0.2, 0.25) is 5.88 Å². The van der Waals surface area contributed by atoms with Crippen LogP contribution in [0.1, 0.15) is 24.5 Å². The van der Waals surface area contributed by atoms with Crippen LogP contribution in [0.2, 0.25) is 0 Å². The Balaban J connectivity index is 1.90. The first-order valence-electron chi connectivity index (χ1n) is 6.96. The van der Waals surface area contributed by atoms with Gasteiger partial charge in [0.1, 0.15) is 6.33 Å². The van der Waals surface area contributed by atoms with E-state index < -0.39 is 0 Å². The van der Waals surface area contributed by atoms with Crippen LogP contribution in [-0.2, 0) is 0 Å². The average molecular weight is 298 g/mol. The Kier molecular flexibility index (Phi) is 2.88. The molecule has 1 aliphatic carbocycles. The molecule has 1 aliphatic rings. The van der Waals surface area contributed by atoms with Crippen LogP contribution in [0.15, 0.2) is 18.6 Å². The second-order valence-corrected chi connectivity index (χ2v) is 5.09. The number of nitrogens with zero attached hydrogens (tertiary/aromatic N) is 6. The lowest BCUT2D eigenvalue weighted by atomic mass is 10.1. The molecule has 4 rings (SSSR count). The highest BCUT2D eigenvalue weighted by Crippen LogP contribution is 2.41. The summed E-state index contributed by atoms with van der Waals surface area (Å²) >= 11 is 0. The summed E-state index contributed by atoms with van der Waals surface area (Å²) in [4.78, 5) is 17.1. The first-order valence-corrected chi connectivity index (χ1v) is 6.96. The van der Waals surface area contributed by atoms with Crippen molar-refractivity contribution in [1.82, 2.24) is 29.5 Å². The predicted molar refractivity (Wildman–Crippen MR) is 76.9 cm³/mol. The zero-order valence-electron chi connectivity index (χ0n) is 12.2. The fraction of sp³-hybridized carbons (Fsp3) is 0.357. The van der Waals surface area contributed by atoms with E-state index in [9.17, 15) is 0 Å². The molecule has 0 atom stereocenters. The molecule has 1 fully saturated rings. The van der Waals surface area contributed by atoms with Gasteiger partial charge in [-0.05, 0) is 18.9 Å². The largest absolute Gasteiger partial charge is 0.480 e. The molecule has 0 bridgehead atoms. The Morgan fingerprint density at radius 1 is 1.14 bits per heavy atom. The van der Waals surface area contributed by atoms with Crippen LogP contribution in [0.5, 0.6) is 11.9 Å². The molecule has 3 aromatic heterocycles. The Labute approximate surface area is 126 Å². The molecule has 0 aliphatic heterocycles. The molecule has 0 amide bonds. The van der Waals surface area contributed by atoms with Gasteiger partial charge in [-0.25, -0.2) is 14.5 Å². The Morgan fingerprint density at radius 3 is 2.73 bits per heavy atom. The summed E-state index contributed by atoms with van der Waals surface area (Å²) < 4.78 is 12.2. The van der Waals surface area contributed by atoms with Gasteiger partial charge in [-0.15, -0.1) is 0 Å².